The fraction of sp³-hybridized carbons (Fsp3) is 0.294. The van der Waals surface area contributed by atoms with Crippen molar-refractivity contribution in [1.29, 1.82) is 0 Å². The molecular weight excluding hydrogens is 296 g/mol. The Balaban J connectivity index is 2.06. The number of nitrogens with one attached hydrogen (secondary N) is 1. The van der Waals surface area contributed by atoms with Crippen LogP contribution in [0.5, 0.6) is 11.6 Å². The summed E-state index contributed by atoms with van der Waals surface area (Å²) in [6.45, 7) is 6.47. The van der Waals surface area contributed by atoms with E-state index >= 15 is 0 Å². The van der Waals surface area contributed by atoms with Crippen LogP contribution in [0.15, 0.2) is 42.5 Å². The second-order valence-corrected chi connectivity index (χ2v) is 6.23. The van der Waals surface area contributed by atoms with E-state index in [1.54, 1.807) is 19.2 Å². The number of hydrogen-bond donors (Lipinski definition) is 1. The number of pyridine rings is 1. The largest absolute Gasteiger partial charge is 0.481 e. The van der Waals surface area contributed by atoms with Gasteiger partial charge in [-0.2, -0.15) is 4.98 Å². The van der Waals surface area contributed by atoms with Crippen molar-refractivity contribution in [3.63, 3.8) is 0 Å². The maximum atomic E-state index is 5.67. The van der Waals surface area contributed by atoms with Gasteiger partial charge in [0.1, 0.15) is 11.6 Å². The molecule has 4 nitrogen and oxygen atoms in total. The Kier molecular flexibility index (Phi) is 4.98. The number of ether oxygens (including phenoxy) is 2. The molecule has 0 aliphatic rings. The summed E-state index contributed by atoms with van der Waals surface area (Å²) in [6, 6.07) is 13.3. The number of thiocarbonyl (C=S) groups is 1. The molecule has 116 valence electrons. The van der Waals surface area contributed by atoms with E-state index in [0.717, 1.165) is 0 Å². The summed E-state index contributed by atoms with van der Waals surface area (Å²) in [5.41, 5.74) is 1.25. The number of benzene rings is 1. The van der Waals surface area contributed by atoms with Crippen molar-refractivity contribution in [3.05, 3.63) is 48.0 Å². The van der Waals surface area contributed by atoms with Crippen molar-refractivity contribution < 1.29 is 9.47 Å². The standard InChI is InChI=1S/C17H20N2O2S/c1-17(2,3)12-7-5-8-13(11-12)21-16(22)19-14-9-6-10-15(18-14)20-4/h5-11H,1-4H3,(H,18,19,22). The first-order chi connectivity index (χ1) is 10.4. The molecule has 0 spiro atoms. The van der Waals surface area contributed by atoms with E-state index in [-0.39, 0.29) is 10.6 Å². The molecule has 0 saturated heterocycles. The molecular formula is C17H20N2O2S. The van der Waals surface area contributed by atoms with Crippen LogP contribution in [-0.4, -0.2) is 17.3 Å². The van der Waals surface area contributed by atoms with Crippen LogP contribution in [0.4, 0.5) is 5.82 Å². The fourth-order valence-electron chi connectivity index (χ4n) is 1.86. The topological polar surface area (TPSA) is 43.4 Å². The maximum Gasteiger partial charge on any atom is 0.267 e. The SMILES string of the molecule is COc1cccc(NC(=S)Oc2cccc(C(C)(C)C)c2)n1. The average Bonchev–Trinajstić information content (AvgIpc) is 2.46. The first-order valence-electron chi connectivity index (χ1n) is 6.99. The summed E-state index contributed by atoms with van der Waals surface area (Å²) in [4.78, 5) is 4.23. The highest BCUT2D eigenvalue weighted by molar-refractivity contribution is 7.80. The van der Waals surface area contributed by atoms with Gasteiger partial charge in [0.15, 0.2) is 0 Å². The molecule has 1 heterocycles. The average molecular weight is 316 g/mol. The smallest absolute Gasteiger partial charge is 0.267 e. The lowest BCUT2D eigenvalue weighted by molar-refractivity contribution is 0.398. The van der Waals surface area contributed by atoms with Crippen molar-refractivity contribution >= 4 is 23.2 Å². The molecule has 0 aliphatic heterocycles. The molecule has 0 fully saturated rings. The van der Waals surface area contributed by atoms with E-state index in [0.29, 0.717) is 17.4 Å². The number of rotatable bonds is 3. The van der Waals surface area contributed by atoms with Crippen molar-refractivity contribution in [2.45, 2.75) is 26.2 Å². The zero-order valence-corrected chi connectivity index (χ0v) is 14.0. The summed E-state index contributed by atoms with van der Waals surface area (Å²) in [6.07, 6.45) is 0. The molecule has 1 aromatic heterocycles. The molecule has 1 N–H and O–H groups in total. The van der Waals surface area contributed by atoms with E-state index in [2.05, 4.69) is 37.1 Å². The van der Waals surface area contributed by atoms with Crippen molar-refractivity contribution in [2.24, 2.45) is 0 Å². The summed E-state index contributed by atoms with van der Waals surface area (Å²) in [5.74, 6) is 1.80. The first kappa shape index (κ1) is 16.2. The predicted molar refractivity (Wildman–Crippen MR) is 92.8 cm³/mol. The Morgan fingerprint density at radius 1 is 1.14 bits per heavy atom. The molecule has 0 atom stereocenters. The van der Waals surface area contributed by atoms with Gasteiger partial charge < -0.3 is 14.8 Å². The maximum absolute atomic E-state index is 5.67. The van der Waals surface area contributed by atoms with E-state index in [1.165, 1.54) is 5.56 Å². The summed E-state index contributed by atoms with van der Waals surface area (Å²) in [5, 5.41) is 3.18. The predicted octanol–water partition coefficient (Wildman–Crippen LogP) is 4.16. The second-order valence-electron chi connectivity index (χ2n) is 5.86. The van der Waals surface area contributed by atoms with Gasteiger partial charge in [-0.3, -0.25) is 0 Å². The Labute approximate surface area is 136 Å². The third-order valence-electron chi connectivity index (χ3n) is 3.07. The van der Waals surface area contributed by atoms with Gasteiger partial charge in [-0.05, 0) is 41.4 Å². The Morgan fingerprint density at radius 3 is 2.55 bits per heavy atom. The van der Waals surface area contributed by atoms with Crippen molar-refractivity contribution in [2.75, 3.05) is 12.4 Å². The fourth-order valence-corrected chi connectivity index (χ4v) is 2.06. The van der Waals surface area contributed by atoms with E-state index < -0.39 is 0 Å². The molecule has 2 aromatic rings. The third kappa shape index (κ3) is 4.43. The van der Waals surface area contributed by atoms with Gasteiger partial charge in [0.2, 0.25) is 5.88 Å². The highest BCUT2D eigenvalue weighted by Gasteiger charge is 2.14. The van der Waals surface area contributed by atoms with Crippen LogP contribution in [0.25, 0.3) is 0 Å². The number of hydrogen-bond acceptors (Lipinski definition) is 4. The minimum atomic E-state index is 0.0583. The van der Waals surface area contributed by atoms with Gasteiger partial charge in [-0.15, -0.1) is 0 Å². The Morgan fingerprint density at radius 2 is 1.86 bits per heavy atom. The van der Waals surface area contributed by atoms with Gasteiger partial charge in [0.05, 0.1) is 7.11 Å². The summed E-state index contributed by atoms with van der Waals surface area (Å²) < 4.78 is 10.7. The van der Waals surface area contributed by atoms with Crippen LogP contribution >= 0.6 is 12.2 Å². The minimum absolute atomic E-state index is 0.0583. The molecule has 0 bridgehead atoms. The first-order valence-corrected chi connectivity index (χ1v) is 7.40. The second kappa shape index (κ2) is 6.75. The van der Waals surface area contributed by atoms with Gasteiger partial charge >= 0.3 is 0 Å². The Bertz CT molecular complexity index is 666. The van der Waals surface area contributed by atoms with E-state index in [1.807, 2.05) is 24.3 Å². The quantitative estimate of drug-likeness (QED) is 0.861. The zero-order chi connectivity index (χ0) is 16.2. The number of nitrogens with zero attached hydrogens (tertiary/aromatic N) is 1. The third-order valence-corrected chi connectivity index (χ3v) is 3.26. The lowest BCUT2D eigenvalue weighted by Gasteiger charge is -2.19. The normalized spacial score (nSPS) is 10.9. The van der Waals surface area contributed by atoms with Crippen molar-refractivity contribution in [1.82, 2.24) is 4.98 Å². The van der Waals surface area contributed by atoms with Gasteiger partial charge in [0, 0.05) is 6.07 Å². The molecule has 0 amide bonds. The lowest BCUT2D eigenvalue weighted by atomic mass is 9.87. The minimum Gasteiger partial charge on any atom is -0.481 e. The molecule has 1 aromatic carbocycles. The molecule has 0 aliphatic carbocycles. The van der Waals surface area contributed by atoms with Gasteiger partial charge in [-0.1, -0.05) is 39.0 Å². The molecule has 2 rings (SSSR count). The van der Waals surface area contributed by atoms with Crippen LogP contribution in [-0.2, 0) is 5.41 Å². The molecule has 0 unspecified atom stereocenters. The summed E-state index contributed by atoms with van der Waals surface area (Å²) in [7, 11) is 1.57. The molecule has 0 saturated carbocycles. The highest BCUT2D eigenvalue weighted by atomic mass is 32.1. The van der Waals surface area contributed by atoms with E-state index in [9.17, 15) is 0 Å². The number of methoxy groups -OCH3 is 1. The zero-order valence-electron chi connectivity index (χ0n) is 13.2. The lowest BCUT2D eigenvalue weighted by Crippen LogP contribution is -2.18. The molecule has 22 heavy (non-hydrogen) atoms. The summed E-state index contributed by atoms with van der Waals surface area (Å²) >= 11 is 5.22. The van der Waals surface area contributed by atoms with E-state index in [4.69, 9.17) is 21.7 Å². The van der Waals surface area contributed by atoms with Crippen LogP contribution in [0, 0.1) is 0 Å². The molecule has 0 radical (unpaired) electrons. The van der Waals surface area contributed by atoms with Crippen LogP contribution in [0.2, 0.25) is 0 Å². The van der Waals surface area contributed by atoms with Crippen LogP contribution < -0.4 is 14.8 Å². The number of anilines is 1. The molecule has 5 heteroatoms. The van der Waals surface area contributed by atoms with Crippen molar-refractivity contribution in [3.8, 4) is 11.6 Å². The highest BCUT2D eigenvalue weighted by Crippen LogP contribution is 2.25. The van der Waals surface area contributed by atoms with Gasteiger partial charge in [0.25, 0.3) is 5.17 Å². The van der Waals surface area contributed by atoms with Gasteiger partial charge in [-0.25, -0.2) is 0 Å². The monoisotopic (exact) mass is 316 g/mol. The van der Waals surface area contributed by atoms with Crippen LogP contribution in [0.3, 0.4) is 0 Å². The number of aromatic nitrogens is 1. The van der Waals surface area contributed by atoms with Crippen LogP contribution in [0.1, 0.15) is 26.3 Å². The Hall–Kier alpha value is -2.14.